The van der Waals surface area contributed by atoms with Gasteiger partial charge in [0.2, 0.25) is 5.91 Å². The number of hydrogen-bond acceptors (Lipinski definition) is 6. The third-order valence-electron chi connectivity index (χ3n) is 3.80. The molecule has 0 aromatic carbocycles. The first-order chi connectivity index (χ1) is 11.7. The van der Waals surface area contributed by atoms with Gasteiger partial charge in [0.05, 0.1) is 16.8 Å². The number of aliphatic hydroxyl groups is 1. The summed E-state index contributed by atoms with van der Waals surface area (Å²) in [6.07, 6.45) is 4.09. The van der Waals surface area contributed by atoms with Crippen LogP contribution in [0.5, 0.6) is 0 Å². The lowest BCUT2D eigenvalue weighted by molar-refractivity contribution is -0.117. The largest absolute Gasteiger partial charge is 0.463 e. The van der Waals surface area contributed by atoms with Gasteiger partial charge in [0, 0.05) is 12.1 Å². The summed E-state index contributed by atoms with van der Waals surface area (Å²) in [5.74, 6) is 0.613. The molecule has 2 N–H and O–H groups in total. The molecule has 1 aliphatic rings. The van der Waals surface area contributed by atoms with Gasteiger partial charge in [0.25, 0.3) is 0 Å². The molecule has 6 nitrogen and oxygen atoms in total. The normalized spacial score (nSPS) is 15.2. The van der Waals surface area contributed by atoms with Gasteiger partial charge in [-0.05, 0) is 37.1 Å². The number of amides is 1. The van der Waals surface area contributed by atoms with E-state index in [1.807, 2.05) is 6.07 Å². The van der Waals surface area contributed by atoms with E-state index in [1.54, 1.807) is 36.7 Å². The topological polar surface area (TPSA) is 88.2 Å². The maximum atomic E-state index is 12.0. The molecule has 1 fully saturated rings. The number of nitrogens with zero attached hydrogens (tertiary/aromatic N) is 2. The van der Waals surface area contributed by atoms with Gasteiger partial charge >= 0.3 is 0 Å². The van der Waals surface area contributed by atoms with Crippen LogP contribution in [0.4, 0.5) is 5.13 Å². The first-order valence-corrected chi connectivity index (χ1v) is 8.48. The van der Waals surface area contributed by atoms with E-state index in [0.29, 0.717) is 27.2 Å². The lowest BCUT2D eigenvalue weighted by Gasteiger charge is -2.08. The van der Waals surface area contributed by atoms with Gasteiger partial charge in [-0.2, -0.15) is 0 Å². The van der Waals surface area contributed by atoms with Crippen LogP contribution in [0.2, 0.25) is 0 Å². The molecule has 1 aliphatic carbocycles. The zero-order chi connectivity index (χ0) is 16.5. The third kappa shape index (κ3) is 2.95. The molecule has 0 radical (unpaired) electrons. The molecule has 1 saturated carbocycles. The number of hydrogen-bond donors (Lipinski definition) is 2. The summed E-state index contributed by atoms with van der Waals surface area (Å²) in [6.45, 7) is 0. The van der Waals surface area contributed by atoms with E-state index in [-0.39, 0.29) is 11.8 Å². The SMILES string of the molecule is O=C(Nc1nc(-c2ccco2)c([C@H](O)c2ccccn2)s1)C1CC1. The predicted octanol–water partition coefficient (Wildman–Crippen LogP) is 3.23. The molecule has 3 aromatic heterocycles. The first kappa shape index (κ1) is 15.0. The zero-order valence-corrected chi connectivity index (χ0v) is 13.5. The van der Waals surface area contributed by atoms with Crippen LogP contribution in [0.3, 0.4) is 0 Å². The van der Waals surface area contributed by atoms with E-state index in [0.717, 1.165) is 12.8 Å². The van der Waals surface area contributed by atoms with Crippen molar-refractivity contribution in [3.05, 3.63) is 53.4 Å². The van der Waals surface area contributed by atoms with Crippen molar-refractivity contribution >= 4 is 22.4 Å². The molecule has 4 rings (SSSR count). The summed E-state index contributed by atoms with van der Waals surface area (Å²) in [7, 11) is 0. The van der Waals surface area contributed by atoms with E-state index in [9.17, 15) is 9.90 Å². The Morgan fingerprint density at radius 1 is 1.33 bits per heavy atom. The second kappa shape index (κ2) is 6.18. The lowest BCUT2D eigenvalue weighted by atomic mass is 10.1. The minimum absolute atomic E-state index is 0.0198. The van der Waals surface area contributed by atoms with Crippen molar-refractivity contribution in [2.75, 3.05) is 5.32 Å². The molecular formula is C17H15N3O3S. The fourth-order valence-corrected chi connectivity index (χ4v) is 3.36. The maximum absolute atomic E-state index is 12.0. The quantitative estimate of drug-likeness (QED) is 0.744. The van der Waals surface area contributed by atoms with E-state index >= 15 is 0 Å². The highest BCUT2D eigenvalue weighted by Crippen LogP contribution is 2.39. The Morgan fingerprint density at radius 3 is 2.88 bits per heavy atom. The van der Waals surface area contributed by atoms with Gasteiger partial charge in [0.15, 0.2) is 10.9 Å². The fraction of sp³-hybridized carbons (Fsp3) is 0.235. The number of pyridine rings is 1. The Bertz CT molecular complexity index is 841. The minimum Gasteiger partial charge on any atom is -0.463 e. The number of carbonyl (C=O) groups is 1. The van der Waals surface area contributed by atoms with Gasteiger partial charge in [-0.1, -0.05) is 17.4 Å². The van der Waals surface area contributed by atoms with Crippen LogP contribution >= 0.6 is 11.3 Å². The average molecular weight is 341 g/mol. The second-order valence-electron chi connectivity index (χ2n) is 5.63. The number of anilines is 1. The second-order valence-corrected chi connectivity index (χ2v) is 6.66. The van der Waals surface area contributed by atoms with Gasteiger partial charge in [-0.15, -0.1) is 0 Å². The molecule has 0 saturated heterocycles. The molecule has 24 heavy (non-hydrogen) atoms. The van der Waals surface area contributed by atoms with Gasteiger partial charge in [0.1, 0.15) is 11.8 Å². The number of nitrogens with one attached hydrogen (secondary N) is 1. The van der Waals surface area contributed by atoms with Gasteiger partial charge in [-0.3, -0.25) is 9.78 Å². The number of aromatic nitrogens is 2. The number of aliphatic hydroxyl groups excluding tert-OH is 1. The summed E-state index contributed by atoms with van der Waals surface area (Å²) in [5.41, 5.74) is 1.04. The highest BCUT2D eigenvalue weighted by Gasteiger charge is 2.31. The molecule has 3 aromatic rings. The van der Waals surface area contributed by atoms with E-state index in [1.165, 1.54) is 11.3 Å². The molecule has 1 atom stereocenters. The number of furan rings is 1. The van der Waals surface area contributed by atoms with Crippen LogP contribution < -0.4 is 5.32 Å². The fourth-order valence-electron chi connectivity index (χ4n) is 2.39. The van der Waals surface area contributed by atoms with Crippen molar-refractivity contribution in [2.24, 2.45) is 5.92 Å². The number of rotatable bonds is 5. The van der Waals surface area contributed by atoms with Crippen LogP contribution in [0.25, 0.3) is 11.5 Å². The molecule has 3 heterocycles. The molecule has 122 valence electrons. The molecule has 0 unspecified atom stereocenters. The molecule has 0 bridgehead atoms. The van der Waals surface area contributed by atoms with E-state index in [4.69, 9.17) is 4.42 Å². The van der Waals surface area contributed by atoms with Gasteiger partial charge in [-0.25, -0.2) is 4.98 Å². The van der Waals surface area contributed by atoms with Crippen LogP contribution in [-0.4, -0.2) is 21.0 Å². The first-order valence-electron chi connectivity index (χ1n) is 7.67. The van der Waals surface area contributed by atoms with Crippen LogP contribution in [0.15, 0.2) is 47.2 Å². The van der Waals surface area contributed by atoms with Crippen LogP contribution in [-0.2, 0) is 4.79 Å². The van der Waals surface area contributed by atoms with Crippen LogP contribution in [0, 0.1) is 5.92 Å². The molecule has 1 amide bonds. The predicted molar refractivity (Wildman–Crippen MR) is 89.5 cm³/mol. The molecular weight excluding hydrogens is 326 g/mol. The zero-order valence-electron chi connectivity index (χ0n) is 12.7. The van der Waals surface area contributed by atoms with Crippen LogP contribution in [0.1, 0.15) is 29.5 Å². The summed E-state index contributed by atoms with van der Waals surface area (Å²) < 4.78 is 5.42. The van der Waals surface area contributed by atoms with E-state index in [2.05, 4.69) is 15.3 Å². The summed E-state index contributed by atoms with van der Waals surface area (Å²) in [6, 6.07) is 8.88. The monoisotopic (exact) mass is 341 g/mol. The van der Waals surface area contributed by atoms with Crippen molar-refractivity contribution in [2.45, 2.75) is 18.9 Å². The standard InChI is InChI=1S/C17H15N3O3S/c21-14(11-4-1-2-8-18-11)15-13(12-5-3-9-23-12)19-17(24-15)20-16(22)10-6-7-10/h1-5,8-10,14,21H,6-7H2,(H,19,20,22)/t14-/m1/s1. The Morgan fingerprint density at radius 2 is 2.21 bits per heavy atom. The van der Waals surface area contributed by atoms with Gasteiger partial charge < -0.3 is 14.8 Å². The van der Waals surface area contributed by atoms with E-state index < -0.39 is 6.10 Å². The van der Waals surface area contributed by atoms with Crippen molar-refractivity contribution in [1.29, 1.82) is 0 Å². The molecule has 0 aliphatic heterocycles. The van der Waals surface area contributed by atoms with Crippen molar-refractivity contribution in [3.63, 3.8) is 0 Å². The Labute approximate surface area is 142 Å². The number of carbonyl (C=O) groups excluding carboxylic acids is 1. The maximum Gasteiger partial charge on any atom is 0.229 e. The molecule has 7 heteroatoms. The third-order valence-corrected chi connectivity index (χ3v) is 4.83. The highest BCUT2D eigenvalue weighted by atomic mass is 32.1. The summed E-state index contributed by atoms with van der Waals surface area (Å²) >= 11 is 1.24. The smallest absolute Gasteiger partial charge is 0.229 e. The average Bonchev–Trinajstić information content (AvgIpc) is 3.16. The summed E-state index contributed by atoms with van der Waals surface area (Å²) in [5, 5.41) is 14.0. The Balaban J connectivity index is 1.70. The Kier molecular flexibility index (Phi) is 3.87. The van der Waals surface area contributed by atoms with Crippen molar-refractivity contribution in [1.82, 2.24) is 9.97 Å². The minimum atomic E-state index is -0.935. The Hall–Kier alpha value is -2.51. The summed E-state index contributed by atoms with van der Waals surface area (Å²) in [4.78, 5) is 21.2. The van der Waals surface area contributed by atoms with Crippen molar-refractivity contribution < 1.29 is 14.3 Å². The molecule has 0 spiro atoms. The van der Waals surface area contributed by atoms with Crippen molar-refractivity contribution in [3.8, 4) is 11.5 Å². The number of thiazole rings is 1. The highest BCUT2D eigenvalue weighted by molar-refractivity contribution is 7.16. The lowest BCUT2D eigenvalue weighted by Crippen LogP contribution is -2.12.